The molecule has 0 aliphatic heterocycles. The van der Waals surface area contributed by atoms with Gasteiger partial charge in [-0.05, 0) is 25.0 Å². The van der Waals surface area contributed by atoms with Crippen molar-refractivity contribution in [3.8, 4) is 11.8 Å². The Labute approximate surface area is 98.1 Å². The van der Waals surface area contributed by atoms with Crippen LogP contribution in [-0.2, 0) is 6.42 Å². The van der Waals surface area contributed by atoms with Crippen LogP contribution in [0.15, 0.2) is 18.2 Å². The first-order chi connectivity index (χ1) is 8.19. The van der Waals surface area contributed by atoms with Crippen LogP contribution >= 0.6 is 0 Å². The fourth-order valence-electron chi connectivity index (χ4n) is 2.06. The Kier molecular flexibility index (Phi) is 2.79. The van der Waals surface area contributed by atoms with Crippen LogP contribution in [0.4, 0.5) is 5.69 Å². The molecule has 0 saturated carbocycles. The van der Waals surface area contributed by atoms with Crippen LogP contribution < -0.4 is 4.74 Å². The molecule has 0 saturated heterocycles. The maximum atomic E-state index is 11.1. The molecule has 1 aromatic carbocycles. The third-order valence-electron chi connectivity index (χ3n) is 2.80. The van der Waals surface area contributed by atoms with E-state index in [1.165, 1.54) is 13.2 Å². The van der Waals surface area contributed by atoms with Crippen LogP contribution in [0, 0.1) is 21.4 Å². The van der Waals surface area contributed by atoms with E-state index in [2.05, 4.69) is 6.07 Å². The Morgan fingerprint density at radius 3 is 2.88 bits per heavy atom. The molecule has 0 radical (unpaired) electrons. The standard InChI is InChI=1S/C12H10N2O3/c1-17-11-6-5-9-8(7-13)3-2-4-10(9)12(11)14(15)16/h3,5-6H,2,4H2,1H3. The summed E-state index contributed by atoms with van der Waals surface area (Å²) in [5, 5.41) is 20.0. The van der Waals surface area contributed by atoms with E-state index in [0.717, 1.165) is 0 Å². The molecular weight excluding hydrogens is 220 g/mol. The minimum Gasteiger partial charge on any atom is -0.490 e. The largest absolute Gasteiger partial charge is 0.490 e. The van der Waals surface area contributed by atoms with Gasteiger partial charge in [0.05, 0.1) is 23.7 Å². The monoisotopic (exact) mass is 230 g/mol. The van der Waals surface area contributed by atoms with E-state index in [4.69, 9.17) is 10.00 Å². The van der Waals surface area contributed by atoms with Gasteiger partial charge < -0.3 is 4.74 Å². The van der Waals surface area contributed by atoms with Crippen LogP contribution in [0.3, 0.4) is 0 Å². The van der Waals surface area contributed by atoms with Gasteiger partial charge in [-0.15, -0.1) is 0 Å². The minimum absolute atomic E-state index is 0.0224. The molecule has 0 bridgehead atoms. The summed E-state index contributed by atoms with van der Waals surface area (Å²) in [6, 6.07) is 5.30. The number of nitro benzene ring substituents is 1. The van der Waals surface area contributed by atoms with Gasteiger partial charge in [-0.1, -0.05) is 6.08 Å². The van der Waals surface area contributed by atoms with Crippen molar-refractivity contribution in [2.24, 2.45) is 0 Å². The molecule has 0 amide bonds. The van der Waals surface area contributed by atoms with Gasteiger partial charge in [0, 0.05) is 11.1 Å². The molecule has 86 valence electrons. The van der Waals surface area contributed by atoms with Gasteiger partial charge in [0.2, 0.25) is 0 Å². The van der Waals surface area contributed by atoms with Gasteiger partial charge in [0.1, 0.15) is 0 Å². The fourth-order valence-corrected chi connectivity index (χ4v) is 2.06. The maximum absolute atomic E-state index is 11.1. The first-order valence-corrected chi connectivity index (χ1v) is 5.14. The number of fused-ring (bicyclic) bond motifs is 1. The molecule has 0 atom stereocenters. The zero-order valence-corrected chi connectivity index (χ0v) is 9.27. The van der Waals surface area contributed by atoms with Gasteiger partial charge in [0.15, 0.2) is 5.75 Å². The first kappa shape index (κ1) is 11.1. The molecule has 5 heteroatoms. The average molecular weight is 230 g/mol. The van der Waals surface area contributed by atoms with E-state index in [1.807, 2.05) is 0 Å². The lowest BCUT2D eigenvalue weighted by molar-refractivity contribution is -0.386. The second-order valence-corrected chi connectivity index (χ2v) is 3.67. The third-order valence-corrected chi connectivity index (χ3v) is 2.80. The molecule has 0 aromatic heterocycles. The lowest BCUT2D eigenvalue weighted by atomic mass is 9.90. The van der Waals surface area contributed by atoms with Crippen LogP contribution in [0.1, 0.15) is 17.5 Å². The van der Waals surface area contributed by atoms with Crippen molar-refractivity contribution in [3.63, 3.8) is 0 Å². The van der Waals surface area contributed by atoms with Crippen molar-refractivity contribution < 1.29 is 9.66 Å². The summed E-state index contributed by atoms with van der Waals surface area (Å²) < 4.78 is 5.00. The number of nitrogens with zero attached hydrogens (tertiary/aromatic N) is 2. The predicted molar refractivity (Wildman–Crippen MR) is 61.6 cm³/mol. The predicted octanol–water partition coefficient (Wildman–Crippen LogP) is 2.46. The Hall–Kier alpha value is -2.35. The van der Waals surface area contributed by atoms with E-state index in [-0.39, 0.29) is 11.4 Å². The molecule has 0 spiro atoms. The molecule has 1 aromatic rings. The highest BCUT2D eigenvalue weighted by Crippen LogP contribution is 2.38. The molecule has 0 unspecified atom stereocenters. The second-order valence-electron chi connectivity index (χ2n) is 3.67. The van der Waals surface area contributed by atoms with Crippen molar-refractivity contribution in [2.75, 3.05) is 7.11 Å². The molecule has 0 fully saturated rings. The number of hydrogen-bond acceptors (Lipinski definition) is 4. The number of nitriles is 1. The molecule has 17 heavy (non-hydrogen) atoms. The second kappa shape index (κ2) is 4.26. The van der Waals surface area contributed by atoms with E-state index < -0.39 is 4.92 Å². The van der Waals surface area contributed by atoms with E-state index >= 15 is 0 Å². The average Bonchev–Trinajstić information content (AvgIpc) is 2.36. The number of nitro groups is 1. The van der Waals surface area contributed by atoms with Gasteiger partial charge in [-0.25, -0.2) is 0 Å². The van der Waals surface area contributed by atoms with Crippen LogP contribution in [0.5, 0.6) is 5.75 Å². The van der Waals surface area contributed by atoms with Crippen molar-refractivity contribution in [1.82, 2.24) is 0 Å². The number of hydrogen-bond donors (Lipinski definition) is 0. The molecule has 0 heterocycles. The topological polar surface area (TPSA) is 76.2 Å². The Morgan fingerprint density at radius 2 is 2.29 bits per heavy atom. The van der Waals surface area contributed by atoms with Gasteiger partial charge in [0.25, 0.3) is 0 Å². The minimum atomic E-state index is -0.446. The zero-order valence-electron chi connectivity index (χ0n) is 9.27. The summed E-state index contributed by atoms with van der Waals surface area (Å²) in [5.74, 6) is 0.243. The molecule has 1 aliphatic rings. The molecule has 2 rings (SSSR count). The lowest BCUT2D eigenvalue weighted by Crippen LogP contribution is -2.05. The molecule has 1 aliphatic carbocycles. The summed E-state index contributed by atoms with van der Waals surface area (Å²) in [4.78, 5) is 10.6. The Bertz CT molecular complexity index is 556. The van der Waals surface area contributed by atoms with Gasteiger partial charge >= 0.3 is 5.69 Å². The van der Waals surface area contributed by atoms with E-state index in [9.17, 15) is 10.1 Å². The summed E-state index contributed by atoms with van der Waals surface area (Å²) in [6.45, 7) is 0. The van der Waals surface area contributed by atoms with E-state index in [0.29, 0.717) is 29.5 Å². The van der Waals surface area contributed by atoms with Crippen molar-refractivity contribution in [1.29, 1.82) is 5.26 Å². The summed E-state index contributed by atoms with van der Waals surface area (Å²) in [6.07, 6.45) is 3.01. The number of ether oxygens (including phenoxy) is 1. The van der Waals surface area contributed by atoms with Crippen LogP contribution in [0.2, 0.25) is 0 Å². The third kappa shape index (κ3) is 1.74. The summed E-state index contributed by atoms with van der Waals surface area (Å²) >= 11 is 0. The summed E-state index contributed by atoms with van der Waals surface area (Å²) in [7, 11) is 1.40. The molecular formula is C12H10N2O3. The molecule has 0 N–H and O–H groups in total. The number of rotatable bonds is 2. The first-order valence-electron chi connectivity index (χ1n) is 5.14. The highest BCUT2D eigenvalue weighted by Gasteiger charge is 2.26. The fraction of sp³-hybridized carbons (Fsp3) is 0.250. The van der Waals surface area contributed by atoms with Crippen LogP contribution in [0.25, 0.3) is 5.57 Å². The molecule has 5 nitrogen and oxygen atoms in total. The normalized spacial score (nSPS) is 13.3. The van der Waals surface area contributed by atoms with Crippen molar-refractivity contribution >= 4 is 11.3 Å². The number of allylic oxidation sites excluding steroid dienone is 2. The SMILES string of the molecule is COc1ccc2c(c1[N+](=O)[O-])CCC=C2C#N. The zero-order chi connectivity index (χ0) is 12.4. The smallest absolute Gasteiger partial charge is 0.314 e. The van der Waals surface area contributed by atoms with E-state index in [1.54, 1.807) is 12.1 Å². The highest BCUT2D eigenvalue weighted by atomic mass is 16.6. The summed E-state index contributed by atoms with van der Waals surface area (Å²) in [5.41, 5.74) is 1.71. The van der Waals surface area contributed by atoms with Gasteiger partial charge in [-0.3, -0.25) is 10.1 Å². The van der Waals surface area contributed by atoms with Gasteiger partial charge in [-0.2, -0.15) is 5.26 Å². The van der Waals surface area contributed by atoms with Crippen LogP contribution in [-0.4, -0.2) is 12.0 Å². The Morgan fingerprint density at radius 1 is 1.53 bits per heavy atom. The number of benzene rings is 1. The maximum Gasteiger partial charge on any atom is 0.314 e. The van der Waals surface area contributed by atoms with Crippen molar-refractivity contribution in [3.05, 3.63) is 39.4 Å². The highest BCUT2D eigenvalue weighted by molar-refractivity contribution is 5.83. The number of methoxy groups -OCH3 is 1. The lowest BCUT2D eigenvalue weighted by Gasteiger charge is -2.14. The Balaban J connectivity index is 2.71. The van der Waals surface area contributed by atoms with Crippen molar-refractivity contribution in [2.45, 2.75) is 12.8 Å². The quantitative estimate of drug-likeness (QED) is 0.577.